The standard InChI is InChI=1S/C13H23N3/c1-4-14-13(11-6-5-10(2)9-11)12-7-8-15-16(12)3/h7-8,10-11,13-14H,4-6,9H2,1-3H3. The molecule has 90 valence electrons. The molecule has 1 aliphatic rings. The quantitative estimate of drug-likeness (QED) is 0.846. The van der Waals surface area contributed by atoms with E-state index in [2.05, 4.69) is 30.3 Å². The first-order valence-corrected chi connectivity index (χ1v) is 6.43. The highest BCUT2D eigenvalue weighted by atomic mass is 15.3. The summed E-state index contributed by atoms with van der Waals surface area (Å²) in [5.41, 5.74) is 1.33. The third-order valence-corrected chi connectivity index (χ3v) is 3.81. The highest BCUT2D eigenvalue weighted by molar-refractivity contribution is 5.09. The summed E-state index contributed by atoms with van der Waals surface area (Å²) in [6, 6.07) is 2.64. The number of hydrogen-bond acceptors (Lipinski definition) is 2. The van der Waals surface area contributed by atoms with Crippen LogP contribution in [-0.4, -0.2) is 16.3 Å². The van der Waals surface area contributed by atoms with Crippen LogP contribution in [0, 0.1) is 11.8 Å². The van der Waals surface area contributed by atoms with Crippen LogP contribution >= 0.6 is 0 Å². The van der Waals surface area contributed by atoms with Crippen molar-refractivity contribution in [1.29, 1.82) is 0 Å². The number of nitrogens with zero attached hydrogens (tertiary/aromatic N) is 2. The molecule has 3 atom stereocenters. The Kier molecular flexibility index (Phi) is 3.64. The molecular weight excluding hydrogens is 198 g/mol. The number of hydrogen-bond donors (Lipinski definition) is 1. The molecule has 0 radical (unpaired) electrons. The average Bonchev–Trinajstić information content (AvgIpc) is 2.84. The van der Waals surface area contributed by atoms with Gasteiger partial charge in [-0.15, -0.1) is 0 Å². The van der Waals surface area contributed by atoms with Crippen molar-refractivity contribution in [3.05, 3.63) is 18.0 Å². The molecule has 0 aromatic carbocycles. The van der Waals surface area contributed by atoms with Crippen molar-refractivity contribution in [2.45, 2.75) is 39.2 Å². The molecule has 1 aliphatic carbocycles. The van der Waals surface area contributed by atoms with Crippen LogP contribution in [0.25, 0.3) is 0 Å². The van der Waals surface area contributed by atoms with E-state index < -0.39 is 0 Å². The fourth-order valence-electron chi connectivity index (χ4n) is 2.98. The number of rotatable bonds is 4. The lowest BCUT2D eigenvalue weighted by Gasteiger charge is -2.24. The molecule has 1 heterocycles. The zero-order valence-corrected chi connectivity index (χ0v) is 10.6. The van der Waals surface area contributed by atoms with Crippen LogP contribution in [0.4, 0.5) is 0 Å². The Hall–Kier alpha value is -0.830. The summed E-state index contributed by atoms with van der Waals surface area (Å²) in [5.74, 6) is 1.67. The Morgan fingerprint density at radius 3 is 2.88 bits per heavy atom. The highest BCUT2D eigenvalue weighted by Gasteiger charge is 2.30. The van der Waals surface area contributed by atoms with Gasteiger partial charge in [0, 0.05) is 13.2 Å². The van der Waals surface area contributed by atoms with E-state index in [1.165, 1.54) is 25.0 Å². The fraction of sp³-hybridized carbons (Fsp3) is 0.769. The summed E-state index contributed by atoms with van der Waals surface area (Å²) in [4.78, 5) is 0. The molecule has 0 saturated heterocycles. The Labute approximate surface area is 98.2 Å². The first-order valence-electron chi connectivity index (χ1n) is 6.43. The predicted molar refractivity (Wildman–Crippen MR) is 66.1 cm³/mol. The Bertz CT molecular complexity index is 332. The minimum Gasteiger partial charge on any atom is -0.309 e. The average molecular weight is 221 g/mol. The molecule has 0 amide bonds. The molecular formula is C13H23N3. The van der Waals surface area contributed by atoms with E-state index >= 15 is 0 Å². The zero-order valence-electron chi connectivity index (χ0n) is 10.6. The van der Waals surface area contributed by atoms with Crippen molar-refractivity contribution in [3.8, 4) is 0 Å². The maximum Gasteiger partial charge on any atom is 0.0553 e. The third-order valence-electron chi connectivity index (χ3n) is 3.81. The van der Waals surface area contributed by atoms with Crippen LogP contribution in [-0.2, 0) is 7.05 Å². The lowest BCUT2D eigenvalue weighted by Crippen LogP contribution is -2.29. The van der Waals surface area contributed by atoms with Gasteiger partial charge in [0.1, 0.15) is 0 Å². The minimum atomic E-state index is 0.488. The second-order valence-electron chi connectivity index (χ2n) is 5.09. The molecule has 16 heavy (non-hydrogen) atoms. The first-order chi connectivity index (χ1) is 7.72. The Balaban J connectivity index is 2.14. The van der Waals surface area contributed by atoms with Gasteiger partial charge in [0.25, 0.3) is 0 Å². The molecule has 0 spiro atoms. The van der Waals surface area contributed by atoms with Crippen LogP contribution in [0.2, 0.25) is 0 Å². The van der Waals surface area contributed by atoms with Gasteiger partial charge < -0.3 is 5.32 Å². The molecule has 0 bridgehead atoms. The SMILES string of the molecule is CCNC(c1ccnn1C)C1CCC(C)C1. The zero-order chi connectivity index (χ0) is 11.5. The van der Waals surface area contributed by atoms with Gasteiger partial charge in [0.15, 0.2) is 0 Å². The van der Waals surface area contributed by atoms with Gasteiger partial charge in [-0.1, -0.05) is 20.3 Å². The summed E-state index contributed by atoms with van der Waals surface area (Å²) in [6.45, 7) is 5.58. The maximum absolute atomic E-state index is 4.29. The molecule has 1 aromatic heterocycles. The second-order valence-corrected chi connectivity index (χ2v) is 5.09. The van der Waals surface area contributed by atoms with E-state index in [-0.39, 0.29) is 0 Å². The highest BCUT2D eigenvalue weighted by Crippen LogP contribution is 2.38. The van der Waals surface area contributed by atoms with E-state index in [0.29, 0.717) is 6.04 Å². The van der Waals surface area contributed by atoms with E-state index in [1.807, 2.05) is 17.9 Å². The van der Waals surface area contributed by atoms with Gasteiger partial charge in [-0.3, -0.25) is 4.68 Å². The van der Waals surface area contributed by atoms with Crippen molar-refractivity contribution >= 4 is 0 Å². The van der Waals surface area contributed by atoms with E-state index in [4.69, 9.17) is 0 Å². The lowest BCUT2D eigenvalue weighted by molar-refractivity contribution is 0.348. The topological polar surface area (TPSA) is 29.9 Å². The van der Waals surface area contributed by atoms with Crippen LogP contribution in [0.1, 0.15) is 44.8 Å². The molecule has 1 saturated carbocycles. The van der Waals surface area contributed by atoms with Crippen LogP contribution in [0.3, 0.4) is 0 Å². The Morgan fingerprint density at radius 1 is 1.56 bits per heavy atom. The summed E-state index contributed by atoms with van der Waals surface area (Å²) in [5, 5.41) is 7.91. The summed E-state index contributed by atoms with van der Waals surface area (Å²) >= 11 is 0. The molecule has 3 unspecified atom stereocenters. The third kappa shape index (κ3) is 2.29. The normalized spacial score (nSPS) is 27.2. The fourth-order valence-corrected chi connectivity index (χ4v) is 2.98. The second kappa shape index (κ2) is 5.00. The first kappa shape index (κ1) is 11.6. The number of nitrogens with one attached hydrogen (secondary N) is 1. The molecule has 1 fully saturated rings. The summed E-state index contributed by atoms with van der Waals surface area (Å²) < 4.78 is 2.01. The van der Waals surface area contributed by atoms with Crippen molar-refractivity contribution in [2.75, 3.05) is 6.54 Å². The van der Waals surface area contributed by atoms with Crippen LogP contribution in [0.5, 0.6) is 0 Å². The predicted octanol–water partition coefficient (Wildman–Crippen LogP) is 2.51. The Morgan fingerprint density at radius 2 is 2.38 bits per heavy atom. The summed E-state index contributed by atoms with van der Waals surface area (Å²) in [6.07, 6.45) is 5.98. The minimum absolute atomic E-state index is 0.488. The van der Waals surface area contributed by atoms with Gasteiger partial charge in [-0.2, -0.15) is 5.10 Å². The van der Waals surface area contributed by atoms with Gasteiger partial charge in [0.2, 0.25) is 0 Å². The van der Waals surface area contributed by atoms with Gasteiger partial charge >= 0.3 is 0 Å². The number of aromatic nitrogens is 2. The van der Waals surface area contributed by atoms with Crippen molar-refractivity contribution in [3.63, 3.8) is 0 Å². The van der Waals surface area contributed by atoms with E-state index in [9.17, 15) is 0 Å². The molecule has 1 aromatic rings. The van der Waals surface area contributed by atoms with Crippen molar-refractivity contribution < 1.29 is 0 Å². The van der Waals surface area contributed by atoms with Gasteiger partial charge in [0.05, 0.1) is 11.7 Å². The monoisotopic (exact) mass is 221 g/mol. The van der Waals surface area contributed by atoms with E-state index in [1.54, 1.807) is 0 Å². The van der Waals surface area contributed by atoms with Crippen molar-refractivity contribution in [2.24, 2.45) is 18.9 Å². The van der Waals surface area contributed by atoms with Crippen molar-refractivity contribution in [1.82, 2.24) is 15.1 Å². The molecule has 3 nitrogen and oxygen atoms in total. The van der Waals surface area contributed by atoms with Gasteiger partial charge in [-0.05, 0) is 37.3 Å². The molecule has 3 heteroatoms. The molecule has 2 rings (SSSR count). The number of aryl methyl sites for hydroxylation is 1. The van der Waals surface area contributed by atoms with Crippen LogP contribution < -0.4 is 5.32 Å². The van der Waals surface area contributed by atoms with Crippen LogP contribution in [0.15, 0.2) is 12.3 Å². The smallest absolute Gasteiger partial charge is 0.0553 e. The molecule has 0 aliphatic heterocycles. The lowest BCUT2D eigenvalue weighted by atomic mass is 9.94. The largest absolute Gasteiger partial charge is 0.309 e. The van der Waals surface area contributed by atoms with E-state index in [0.717, 1.165) is 18.4 Å². The van der Waals surface area contributed by atoms with Gasteiger partial charge in [-0.25, -0.2) is 0 Å². The maximum atomic E-state index is 4.29. The summed E-state index contributed by atoms with van der Waals surface area (Å²) in [7, 11) is 2.04. The molecule has 1 N–H and O–H groups in total.